The average molecular weight is 464 g/mol. The zero-order valence-electron chi connectivity index (χ0n) is 19.3. The van der Waals surface area contributed by atoms with Crippen LogP contribution in [0.3, 0.4) is 0 Å². The summed E-state index contributed by atoms with van der Waals surface area (Å²) in [5.41, 5.74) is 2.71. The van der Waals surface area contributed by atoms with E-state index in [2.05, 4.69) is 15.1 Å². The molecule has 2 amide bonds. The molecule has 0 aliphatic carbocycles. The van der Waals surface area contributed by atoms with Crippen LogP contribution < -0.4 is 9.80 Å². The Morgan fingerprint density at radius 1 is 1.03 bits per heavy atom. The van der Waals surface area contributed by atoms with E-state index in [1.807, 2.05) is 24.3 Å². The van der Waals surface area contributed by atoms with Gasteiger partial charge in [-0.2, -0.15) is 5.10 Å². The molecule has 0 unspecified atom stereocenters. The number of phenols is 1. The molecule has 0 atom stereocenters. The Hall–Kier alpha value is -3.59. The molecule has 1 aromatic heterocycles. The number of piperidine rings is 1. The molecule has 2 fully saturated rings. The second-order valence-corrected chi connectivity index (χ2v) is 8.82. The highest BCUT2D eigenvalue weighted by Crippen LogP contribution is 2.30. The number of hydrogen-bond acceptors (Lipinski definition) is 6. The predicted octanol–water partition coefficient (Wildman–Crippen LogP) is 3.01. The highest BCUT2D eigenvalue weighted by Gasteiger charge is 2.25. The van der Waals surface area contributed by atoms with Crippen molar-refractivity contribution in [2.24, 2.45) is 0 Å². The summed E-state index contributed by atoms with van der Waals surface area (Å²) in [4.78, 5) is 31.9. The number of carbonyl (C=O) groups is 2. The fraction of sp³-hybridized carbons (Fsp3) is 0.400. The summed E-state index contributed by atoms with van der Waals surface area (Å²) >= 11 is 0. The number of aromatic hydroxyl groups is 1. The van der Waals surface area contributed by atoms with E-state index < -0.39 is 0 Å². The number of likely N-dealkylation sites (tertiary alicyclic amines) is 1. The highest BCUT2D eigenvalue weighted by atomic mass is 16.5. The summed E-state index contributed by atoms with van der Waals surface area (Å²) in [5.74, 6) is -0.673. The lowest BCUT2D eigenvalue weighted by molar-refractivity contribution is 0.0720. The lowest BCUT2D eigenvalue weighted by atomic mass is 10.1. The minimum atomic E-state index is -0.365. The van der Waals surface area contributed by atoms with Crippen molar-refractivity contribution in [3.05, 3.63) is 47.7 Å². The lowest BCUT2D eigenvalue weighted by Gasteiger charge is -2.29. The van der Waals surface area contributed by atoms with Crippen LogP contribution in [0.1, 0.15) is 40.1 Å². The maximum Gasteiger partial charge on any atom is 0.274 e. The van der Waals surface area contributed by atoms with Gasteiger partial charge in [-0.15, -0.1) is 0 Å². The number of anilines is 2. The van der Waals surface area contributed by atoms with Crippen LogP contribution in [0.4, 0.5) is 11.4 Å². The quantitative estimate of drug-likeness (QED) is 0.617. The van der Waals surface area contributed by atoms with Crippen molar-refractivity contribution in [3.63, 3.8) is 0 Å². The van der Waals surface area contributed by atoms with Crippen molar-refractivity contribution >= 4 is 34.1 Å². The van der Waals surface area contributed by atoms with Crippen molar-refractivity contribution in [1.82, 2.24) is 15.1 Å². The number of H-pyrrole nitrogens is 1. The fourth-order valence-corrected chi connectivity index (χ4v) is 4.64. The van der Waals surface area contributed by atoms with Crippen LogP contribution in [0.5, 0.6) is 5.75 Å². The number of aromatic nitrogens is 2. The third-order valence-corrected chi connectivity index (χ3v) is 6.67. The lowest BCUT2D eigenvalue weighted by Crippen LogP contribution is -2.36. The molecule has 0 saturated carbocycles. The van der Waals surface area contributed by atoms with Crippen LogP contribution in [0.25, 0.3) is 10.9 Å². The topological polar surface area (TPSA) is 102 Å². The molecular formula is C25H29N5O4. The van der Waals surface area contributed by atoms with Gasteiger partial charge < -0.3 is 24.5 Å². The van der Waals surface area contributed by atoms with Gasteiger partial charge in [0, 0.05) is 56.1 Å². The molecule has 3 aromatic rings. The molecule has 2 aliphatic heterocycles. The van der Waals surface area contributed by atoms with Crippen LogP contribution >= 0.6 is 0 Å². The molecule has 0 spiro atoms. The van der Waals surface area contributed by atoms with Gasteiger partial charge in [-0.1, -0.05) is 0 Å². The van der Waals surface area contributed by atoms with Gasteiger partial charge in [-0.3, -0.25) is 14.7 Å². The molecule has 3 heterocycles. The van der Waals surface area contributed by atoms with Gasteiger partial charge in [-0.25, -0.2) is 0 Å². The predicted molar refractivity (Wildman–Crippen MR) is 130 cm³/mol. The normalized spacial score (nSPS) is 16.6. The van der Waals surface area contributed by atoms with Crippen LogP contribution in [-0.4, -0.2) is 78.5 Å². The van der Waals surface area contributed by atoms with Gasteiger partial charge in [-0.05, 0) is 49.6 Å². The molecule has 178 valence electrons. The van der Waals surface area contributed by atoms with Gasteiger partial charge in [0.25, 0.3) is 11.8 Å². The standard InChI is InChI=1S/C25H29N5O4/c1-28(17-5-7-18(8-6-17)29-11-13-34-14-12-29)24(32)20-15-19-21(16-22(20)31)26-27-23(19)25(33)30-9-3-2-4-10-30/h5-8,15-16,31H,2-4,9-14H2,1H3,(H,26,27). The Morgan fingerprint density at radius 3 is 2.44 bits per heavy atom. The van der Waals surface area contributed by atoms with Crippen molar-refractivity contribution in [1.29, 1.82) is 0 Å². The molecule has 34 heavy (non-hydrogen) atoms. The Bertz CT molecular complexity index is 1190. The number of carbonyl (C=O) groups excluding carboxylic acids is 2. The number of rotatable bonds is 4. The number of ether oxygens (including phenoxy) is 1. The van der Waals surface area contributed by atoms with Crippen LogP contribution in [0, 0.1) is 0 Å². The van der Waals surface area contributed by atoms with Gasteiger partial charge >= 0.3 is 0 Å². The van der Waals surface area contributed by atoms with E-state index in [0.717, 1.165) is 38.0 Å². The molecular weight excluding hydrogens is 434 g/mol. The van der Waals surface area contributed by atoms with E-state index in [-0.39, 0.29) is 28.8 Å². The highest BCUT2D eigenvalue weighted by molar-refractivity contribution is 6.12. The minimum Gasteiger partial charge on any atom is -0.507 e. The number of amides is 2. The van der Waals surface area contributed by atoms with E-state index in [4.69, 9.17) is 4.74 Å². The Labute approximate surface area is 197 Å². The number of aromatic amines is 1. The van der Waals surface area contributed by atoms with Gasteiger partial charge in [0.2, 0.25) is 0 Å². The van der Waals surface area contributed by atoms with Crippen molar-refractivity contribution in [2.45, 2.75) is 19.3 Å². The zero-order valence-corrected chi connectivity index (χ0v) is 19.3. The van der Waals surface area contributed by atoms with E-state index in [0.29, 0.717) is 42.9 Å². The van der Waals surface area contributed by atoms with Crippen LogP contribution in [0.15, 0.2) is 36.4 Å². The molecule has 0 bridgehead atoms. The smallest absolute Gasteiger partial charge is 0.274 e. The Morgan fingerprint density at radius 2 is 1.74 bits per heavy atom. The molecule has 2 saturated heterocycles. The monoisotopic (exact) mass is 463 g/mol. The first-order valence-electron chi connectivity index (χ1n) is 11.7. The molecule has 2 aliphatic rings. The van der Waals surface area contributed by atoms with E-state index in [1.165, 1.54) is 11.0 Å². The molecule has 9 heteroatoms. The summed E-state index contributed by atoms with van der Waals surface area (Å²) in [6.07, 6.45) is 3.08. The summed E-state index contributed by atoms with van der Waals surface area (Å²) < 4.78 is 5.41. The summed E-state index contributed by atoms with van der Waals surface area (Å²) in [6, 6.07) is 10.8. The zero-order chi connectivity index (χ0) is 23.7. The van der Waals surface area contributed by atoms with E-state index >= 15 is 0 Å². The van der Waals surface area contributed by atoms with Gasteiger partial charge in [0.15, 0.2) is 5.69 Å². The van der Waals surface area contributed by atoms with E-state index in [9.17, 15) is 14.7 Å². The van der Waals surface area contributed by atoms with E-state index in [1.54, 1.807) is 18.0 Å². The number of phenolic OH excluding ortho intramolecular Hbond substituents is 1. The Balaban J connectivity index is 1.39. The molecule has 2 N–H and O–H groups in total. The first-order chi connectivity index (χ1) is 16.5. The third-order valence-electron chi connectivity index (χ3n) is 6.67. The summed E-state index contributed by atoms with van der Waals surface area (Å²) in [5, 5.41) is 18.1. The number of benzene rings is 2. The molecule has 2 aromatic carbocycles. The number of morpholine rings is 1. The van der Waals surface area contributed by atoms with Crippen molar-refractivity contribution < 1.29 is 19.4 Å². The largest absolute Gasteiger partial charge is 0.507 e. The SMILES string of the molecule is CN(C(=O)c1cc2c(C(=O)N3CCCCC3)n[nH]c2cc1O)c1ccc(N2CCOCC2)cc1. The molecule has 9 nitrogen and oxygen atoms in total. The molecule has 5 rings (SSSR count). The molecule has 0 radical (unpaired) electrons. The number of fused-ring (bicyclic) bond motifs is 1. The van der Waals surface area contributed by atoms with Crippen LogP contribution in [0.2, 0.25) is 0 Å². The second kappa shape index (κ2) is 9.34. The number of nitrogens with zero attached hydrogens (tertiary/aromatic N) is 4. The fourth-order valence-electron chi connectivity index (χ4n) is 4.64. The first kappa shape index (κ1) is 22.2. The second-order valence-electron chi connectivity index (χ2n) is 8.82. The first-order valence-corrected chi connectivity index (χ1v) is 11.7. The average Bonchev–Trinajstić information content (AvgIpc) is 3.30. The summed E-state index contributed by atoms with van der Waals surface area (Å²) in [6.45, 7) is 4.51. The number of hydrogen-bond donors (Lipinski definition) is 2. The Kier molecular flexibility index (Phi) is 6.10. The maximum atomic E-state index is 13.3. The van der Waals surface area contributed by atoms with Gasteiger partial charge in [0.05, 0.1) is 24.3 Å². The van der Waals surface area contributed by atoms with Crippen molar-refractivity contribution in [2.75, 3.05) is 56.2 Å². The number of nitrogens with one attached hydrogen (secondary N) is 1. The van der Waals surface area contributed by atoms with Crippen molar-refractivity contribution in [3.8, 4) is 5.75 Å². The minimum absolute atomic E-state index is 0.126. The maximum absolute atomic E-state index is 13.3. The summed E-state index contributed by atoms with van der Waals surface area (Å²) in [7, 11) is 1.67. The third kappa shape index (κ3) is 4.19. The van der Waals surface area contributed by atoms with Crippen LogP contribution in [-0.2, 0) is 4.74 Å². The van der Waals surface area contributed by atoms with Gasteiger partial charge in [0.1, 0.15) is 5.75 Å².